The lowest BCUT2D eigenvalue weighted by atomic mass is 10.1. The smallest absolute Gasteiger partial charge is 0.274 e. The van der Waals surface area contributed by atoms with Gasteiger partial charge in [-0.15, -0.1) is 0 Å². The number of rotatable bonds is 0. The highest BCUT2D eigenvalue weighted by Crippen LogP contribution is 2.43. The molecular formula is C9H10F2N2. The highest BCUT2D eigenvalue weighted by Gasteiger charge is 2.40. The molecule has 0 radical (unpaired) electrons. The molecule has 13 heavy (non-hydrogen) atoms. The normalized spacial score (nSPS) is 18.7. The van der Waals surface area contributed by atoms with Crippen molar-refractivity contribution in [2.75, 3.05) is 5.73 Å². The molecule has 1 heterocycles. The molecular weight excluding hydrogens is 174 g/mol. The van der Waals surface area contributed by atoms with Crippen molar-refractivity contribution < 1.29 is 8.78 Å². The topological polar surface area (TPSA) is 38.9 Å². The third kappa shape index (κ3) is 1.17. The summed E-state index contributed by atoms with van der Waals surface area (Å²) in [5.41, 5.74) is 6.69. The number of pyridine rings is 1. The number of aryl methyl sites for hydroxylation is 1. The maximum Gasteiger partial charge on any atom is 0.274 e. The Kier molecular flexibility index (Phi) is 1.55. The maximum atomic E-state index is 13.2. The minimum atomic E-state index is -2.71. The number of hydrogen-bond acceptors (Lipinski definition) is 2. The average molecular weight is 184 g/mol. The Hall–Kier alpha value is -1.19. The Morgan fingerprint density at radius 3 is 2.92 bits per heavy atom. The van der Waals surface area contributed by atoms with Crippen LogP contribution in [0.3, 0.4) is 0 Å². The standard InChI is InChI=1S/C9H10F2N2/c1-5-4-7-6(8(12)13-5)2-3-9(7,10)11/h4H,2-3H2,1H3,(H2,12,13). The Morgan fingerprint density at radius 2 is 2.23 bits per heavy atom. The summed E-state index contributed by atoms with van der Waals surface area (Å²) in [6.07, 6.45) is 0.194. The predicted octanol–water partition coefficient (Wildman–Crippen LogP) is 2.01. The van der Waals surface area contributed by atoms with Crippen LogP contribution >= 0.6 is 0 Å². The third-order valence-electron chi connectivity index (χ3n) is 2.37. The van der Waals surface area contributed by atoms with E-state index in [1.165, 1.54) is 6.07 Å². The van der Waals surface area contributed by atoms with Gasteiger partial charge in [0.05, 0.1) is 0 Å². The fourth-order valence-electron chi connectivity index (χ4n) is 1.73. The number of halogens is 2. The first-order valence-electron chi connectivity index (χ1n) is 4.15. The van der Waals surface area contributed by atoms with Gasteiger partial charge < -0.3 is 5.73 Å². The number of hydrogen-bond donors (Lipinski definition) is 1. The van der Waals surface area contributed by atoms with Crippen molar-refractivity contribution in [3.05, 3.63) is 22.9 Å². The summed E-state index contributed by atoms with van der Waals surface area (Å²) in [6, 6.07) is 1.43. The Morgan fingerprint density at radius 1 is 1.54 bits per heavy atom. The van der Waals surface area contributed by atoms with E-state index in [2.05, 4.69) is 4.98 Å². The van der Waals surface area contributed by atoms with E-state index in [-0.39, 0.29) is 17.8 Å². The summed E-state index contributed by atoms with van der Waals surface area (Å²) >= 11 is 0. The van der Waals surface area contributed by atoms with E-state index < -0.39 is 5.92 Å². The molecule has 0 spiro atoms. The van der Waals surface area contributed by atoms with Gasteiger partial charge in [0.2, 0.25) is 0 Å². The van der Waals surface area contributed by atoms with Crippen LogP contribution < -0.4 is 5.73 Å². The minimum Gasteiger partial charge on any atom is -0.383 e. The molecule has 70 valence electrons. The highest BCUT2D eigenvalue weighted by molar-refractivity contribution is 5.50. The van der Waals surface area contributed by atoms with Crippen molar-refractivity contribution >= 4 is 5.82 Å². The average Bonchev–Trinajstić information content (AvgIpc) is 2.28. The van der Waals surface area contributed by atoms with Crippen LogP contribution in [0.1, 0.15) is 23.2 Å². The molecule has 1 aromatic heterocycles. The largest absolute Gasteiger partial charge is 0.383 e. The number of aromatic nitrogens is 1. The second kappa shape index (κ2) is 2.40. The summed E-state index contributed by atoms with van der Waals surface area (Å²) in [6.45, 7) is 1.67. The molecule has 1 aliphatic rings. The van der Waals surface area contributed by atoms with Crippen molar-refractivity contribution in [2.24, 2.45) is 0 Å². The van der Waals surface area contributed by atoms with Crippen molar-refractivity contribution in [1.29, 1.82) is 0 Å². The van der Waals surface area contributed by atoms with E-state index in [9.17, 15) is 8.78 Å². The molecule has 0 atom stereocenters. The lowest BCUT2D eigenvalue weighted by Gasteiger charge is -2.10. The first-order chi connectivity index (χ1) is 6.00. The van der Waals surface area contributed by atoms with Gasteiger partial charge in [0.1, 0.15) is 5.82 Å². The van der Waals surface area contributed by atoms with Gasteiger partial charge in [-0.05, 0) is 19.4 Å². The van der Waals surface area contributed by atoms with Crippen molar-refractivity contribution in [2.45, 2.75) is 25.7 Å². The molecule has 0 saturated carbocycles. The summed E-state index contributed by atoms with van der Waals surface area (Å²) < 4.78 is 26.4. The summed E-state index contributed by atoms with van der Waals surface area (Å²) in [5.74, 6) is -2.45. The molecule has 0 aromatic carbocycles. The second-order valence-electron chi connectivity index (χ2n) is 3.38. The van der Waals surface area contributed by atoms with Crippen LogP contribution in [0.25, 0.3) is 0 Å². The lowest BCUT2D eigenvalue weighted by molar-refractivity contribution is -0.00191. The van der Waals surface area contributed by atoms with Gasteiger partial charge in [0, 0.05) is 23.2 Å². The van der Waals surface area contributed by atoms with Crippen molar-refractivity contribution in [3.8, 4) is 0 Å². The first kappa shape index (κ1) is 8.41. The van der Waals surface area contributed by atoms with Gasteiger partial charge in [-0.25, -0.2) is 13.8 Å². The van der Waals surface area contributed by atoms with E-state index >= 15 is 0 Å². The molecule has 0 aliphatic heterocycles. The molecule has 4 heteroatoms. The molecule has 2 rings (SSSR count). The predicted molar refractivity (Wildman–Crippen MR) is 45.6 cm³/mol. The summed E-state index contributed by atoms with van der Waals surface area (Å²) in [7, 11) is 0. The van der Waals surface area contributed by atoms with Crippen molar-refractivity contribution in [1.82, 2.24) is 4.98 Å². The van der Waals surface area contributed by atoms with Gasteiger partial charge in [-0.1, -0.05) is 0 Å². The van der Waals surface area contributed by atoms with E-state index in [0.717, 1.165) is 0 Å². The van der Waals surface area contributed by atoms with Gasteiger partial charge in [0.25, 0.3) is 5.92 Å². The zero-order valence-electron chi connectivity index (χ0n) is 7.27. The van der Waals surface area contributed by atoms with Crippen LogP contribution in [0.2, 0.25) is 0 Å². The summed E-state index contributed by atoms with van der Waals surface area (Å²) in [4.78, 5) is 3.96. The zero-order valence-corrected chi connectivity index (χ0v) is 7.27. The monoisotopic (exact) mass is 184 g/mol. The van der Waals surface area contributed by atoms with Crippen LogP contribution in [0, 0.1) is 6.92 Å². The zero-order chi connectivity index (χ0) is 9.64. The van der Waals surface area contributed by atoms with Crippen LogP contribution in [0.15, 0.2) is 6.07 Å². The Labute approximate surface area is 74.8 Å². The van der Waals surface area contributed by atoms with Crippen molar-refractivity contribution in [3.63, 3.8) is 0 Å². The van der Waals surface area contributed by atoms with E-state index in [4.69, 9.17) is 5.73 Å². The van der Waals surface area contributed by atoms with E-state index in [1.54, 1.807) is 6.92 Å². The number of fused-ring (bicyclic) bond motifs is 1. The van der Waals surface area contributed by atoms with Crippen LogP contribution in [0.5, 0.6) is 0 Å². The molecule has 1 aliphatic carbocycles. The third-order valence-corrected chi connectivity index (χ3v) is 2.37. The SMILES string of the molecule is Cc1cc2c(c(N)n1)CCC2(F)F. The van der Waals surface area contributed by atoms with Crippen LogP contribution in [0.4, 0.5) is 14.6 Å². The molecule has 0 fully saturated rings. The number of anilines is 1. The number of nitrogen functional groups attached to an aromatic ring is 1. The second-order valence-corrected chi connectivity index (χ2v) is 3.38. The number of alkyl halides is 2. The van der Waals surface area contributed by atoms with Gasteiger partial charge in [0.15, 0.2) is 0 Å². The molecule has 2 N–H and O–H groups in total. The quantitative estimate of drug-likeness (QED) is 0.669. The van der Waals surface area contributed by atoms with Crippen LogP contribution in [-0.2, 0) is 12.3 Å². The summed E-state index contributed by atoms with van der Waals surface area (Å²) in [5, 5.41) is 0. The number of nitrogens with zero attached hydrogens (tertiary/aromatic N) is 1. The van der Waals surface area contributed by atoms with E-state index in [1.807, 2.05) is 0 Å². The lowest BCUT2D eigenvalue weighted by Crippen LogP contribution is -2.09. The fraction of sp³-hybridized carbons (Fsp3) is 0.444. The molecule has 1 aromatic rings. The number of nitrogens with two attached hydrogens (primary N) is 1. The molecule has 0 unspecified atom stereocenters. The fourth-order valence-corrected chi connectivity index (χ4v) is 1.73. The van der Waals surface area contributed by atoms with E-state index in [0.29, 0.717) is 17.7 Å². The Bertz CT molecular complexity index is 361. The maximum absolute atomic E-state index is 13.2. The first-order valence-corrected chi connectivity index (χ1v) is 4.15. The molecule has 2 nitrogen and oxygen atoms in total. The van der Waals surface area contributed by atoms with Gasteiger partial charge in [-0.2, -0.15) is 0 Å². The minimum absolute atomic E-state index is 0.0671. The molecule has 0 saturated heterocycles. The van der Waals surface area contributed by atoms with Gasteiger partial charge in [-0.3, -0.25) is 0 Å². The van der Waals surface area contributed by atoms with Crippen LogP contribution in [-0.4, -0.2) is 4.98 Å². The van der Waals surface area contributed by atoms with Gasteiger partial charge >= 0.3 is 0 Å². The Balaban J connectivity index is 2.65. The highest BCUT2D eigenvalue weighted by atomic mass is 19.3. The molecule has 0 bridgehead atoms. The molecule has 0 amide bonds.